The molecule has 1 rings (SSSR count). The predicted octanol–water partition coefficient (Wildman–Crippen LogP) is 0.229. The van der Waals surface area contributed by atoms with Crippen molar-refractivity contribution in [3.05, 3.63) is 0 Å². The molecule has 0 unspecified atom stereocenters. The van der Waals surface area contributed by atoms with Crippen LogP contribution in [0.1, 0.15) is 6.92 Å². The average Bonchev–Trinajstić information content (AvgIpc) is 1.85. The summed E-state index contributed by atoms with van der Waals surface area (Å²) < 4.78 is 5.30. The molecule has 0 saturated carbocycles. The molecule has 1 aliphatic rings. The van der Waals surface area contributed by atoms with Crippen LogP contribution < -0.4 is 0 Å². The minimum absolute atomic E-state index is 0.198. The van der Waals surface area contributed by atoms with E-state index in [1.807, 2.05) is 14.0 Å². The molecule has 0 aliphatic carbocycles. The Morgan fingerprint density at radius 3 is 2.80 bits per heavy atom. The Labute approximate surface area is 61.2 Å². The molecule has 1 heterocycles. The summed E-state index contributed by atoms with van der Waals surface area (Å²) in [6.45, 7) is 3.65. The van der Waals surface area contributed by atoms with Gasteiger partial charge in [-0.15, -0.1) is 0 Å². The van der Waals surface area contributed by atoms with Gasteiger partial charge < -0.3 is 9.64 Å². The van der Waals surface area contributed by atoms with E-state index in [0.29, 0.717) is 0 Å². The fourth-order valence-electron chi connectivity index (χ4n) is 1.23. The van der Waals surface area contributed by atoms with Gasteiger partial charge >= 0.3 is 0 Å². The summed E-state index contributed by atoms with van der Waals surface area (Å²) in [4.78, 5) is 2.11. The van der Waals surface area contributed by atoms with Crippen LogP contribution in [0.15, 0.2) is 0 Å². The lowest BCUT2D eigenvalue weighted by Crippen LogP contribution is -2.43. The third-order valence-corrected chi connectivity index (χ3v) is 1.59. The minimum atomic E-state index is -0.228. The Hall–Kier alpha value is -0.590. The highest BCUT2D eigenvalue weighted by atomic mass is 16.5. The number of hydrogen-bond donors (Lipinski definition) is 0. The summed E-state index contributed by atoms with van der Waals surface area (Å²) in [6, 6.07) is 2.10. The van der Waals surface area contributed by atoms with Gasteiger partial charge in [-0.1, -0.05) is 0 Å². The van der Waals surface area contributed by atoms with E-state index in [1.54, 1.807) is 0 Å². The lowest BCUT2D eigenvalue weighted by Gasteiger charge is -2.30. The molecule has 56 valence electrons. The maximum absolute atomic E-state index is 8.52. The monoisotopic (exact) mass is 140 g/mol. The Balaban J connectivity index is 2.44. The van der Waals surface area contributed by atoms with Crippen LogP contribution in [0.2, 0.25) is 0 Å². The zero-order valence-electron chi connectivity index (χ0n) is 6.37. The second kappa shape index (κ2) is 3.00. The molecular weight excluding hydrogens is 128 g/mol. The van der Waals surface area contributed by atoms with Gasteiger partial charge in [-0.05, 0) is 14.0 Å². The fraction of sp³-hybridized carbons (Fsp3) is 0.857. The first-order valence-corrected chi connectivity index (χ1v) is 3.46. The lowest BCUT2D eigenvalue weighted by molar-refractivity contribution is -0.0432. The lowest BCUT2D eigenvalue weighted by atomic mass is 10.2. The number of likely N-dealkylation sites (N-methyl/N-ethyl adjacent to an activating group) is 1. The van der Waals surface area contributed by atoms with Gasteiger partial charge in [0.25, 0.3) is 0 Å². The Bertz CT molecular complexity index is 142. The fourth-order valence-corrected chi connectivity index (χ4v) is 1.23. The van der Waals surface area contributed by atoms with Gasteiger partial charge in [-0.3, -0.25) is 0 Å². The maximum Gasteiger partial charge on any atom is 0.156 e. The van der Waals surface area contributed by atoms with E-state index in [1.165, 1.54) is 0 Å². The van der Waals surface area contributed by atoms with Crippen molar-refractivity contribution in [2.24, 2.45) is 0 Å². The molecule has 0 radical (unpaired) electrons. The first kappa shape index (κ1) is 7.52. The van der Waals surface area contributed by atoms with Crippen LogP contribution in [0.25, 0.3) is 0 Å². The van der Waals surface area contributed by atoms with Gasteiger partial charge in [-0.2, -0.15) is 5.26 Å². The molecule has 10 heavy (non-hydrogen) atoms. The third kappa shape index (κ3) is 1.69. The largest absolute Gasteiger partial charge is 0.358 e. The number of hydrogen-bond acceptors (Lipinski definition) is 3. The number of ether oxygens (including phenoxy) is 1. The highest BCUT2D eigenvalue weighted by Gasteiger charge is 2.21. The number of morpholine rings is 1. The average molecular weight is 140 g/mol. The third-order valence-electron chi connectivity index (χ3n) is 1.59. The molecule has 0 aromatic carbocycles. The van der Waals surface area contributed by atoms with Crippen molar-refractivity contribution in [3.8, 4) is 6.07 Å². The molecule has 0 aromatic heterocycles. The Morgan fingerprint density at radius 2 is 2.30 bits per heavy atom. The molecule has 0 amide bonds. The number of nitriles is 1. The molecule has 3 nitrogen and oxygen atoms in total. The van der Waals surface area contributed by atoms with E-state index in [0.717, 1.165) is 13.1 Å². The van der Waals surface area contributed by atoms with Crippen LogP contribution in [0.3, 0.4) is 0 Å². The van der Waals surface area contributed by atoms with Crippen molar-refractivity contribution < 1.29 is 4.74 Å². The van der Waals surface area contributed by atoms with Crippen LogP contribution in [-0.2, 0) is 4.74 Å². The molecule has 0 N–H and O–H groups in total. The highest BCUT2D eigenvalue weighted by molar-refractivity contribution is 4.89. The molecule has 3 heteroatoms. The van der Waals surface area contributed by atoms with E-state index in [-0.39, 0.29) is 12.2 Å². The Morgan fingerprint density at radius 1 is 1.60 bits per heavy atom. The summed E-state index contributed by atoms with van der Waals surface area (Å²) in [7, 11) is 2.00. The van der Waals surface area contributed by atoms with Crippen LogP contribution in [0, 0.1) is 11.3 Å². The smallest absolute Gasteiger partial charge is 0.156 e. The van der Waals surface area contributed by atoms with Crippen LogP contribution in [0.5, 0.6) is 0 Å². The van der Waals surface area contributed by atoms with E-state index in [9.17, 15) is 0 Å². The molecule has 0 spiro atoms. The normalized spacial score (nSPS) is 35.3. The first-order valence-electron chi connectivity index (χ1n) is 3.46. The molecule has 0 aromatic rings. The van der Waals surface area contributed by atoms with Crippen LogP contribution in [-0.4, -0.2) is 37.2 Å². The van der Waals surface area contributed by atoms with Crippen molar-refractivity contribution in [1.29, 1.82) is 5.26 Å². The second-order valence-corrected chi connectivity index (χ2v) is 2.79. The minimum Gasteiger partial charge on any atom is -0.358 e. The van der Waals surface area contributed by atoms with E-state index >= 15 is 0 Å². The van der Waals surface area contributed by atoms with Crippen molar-refractivity contribution in [1.82, 2.24) is 4.90 Å². The summed E-state index contributed by atoms with van der Waals surface area (Å²) in [5.41, 5.74) is 0. The van der Waals surface area contributed by atoms with Gasteiger partial charge in [0.05, 0.1) is 12.2 Å². The van der Waals surface area contributed by atoms with E-state index < -0.39 is 0 Å². The highest BCUT2D eigenvalue weighted by Crippen LogP contribution is 2.07. The number of rotatable bonds is 0. The van der Waals surface area contributed by atoms with Crippen LogP contribution >= 0.6 is 0 Å². The summed E-state index contributed by atoms with van der Waals surface area (Å²) >= 11 is 0. The predicted molar refractivity (Wildman–Crippen MR) is 37.4 cm³/mol. The summed E-state index contributed by atoms with van der Waals surface area (Å²) in [5, 5.41) is 8.52. The molecule has 2 atom stereocenters. The summed E-state index contributed by atoms with van der Waals surface area (Å²) in [6.07, 6.45) is -0.0304. The van der Waals surface area contributed by atoms with Crippen LogP contribution in [0.4, 0.5) is 0 Å². The molecule has 1 aliphatic heterocycles. The van der Waals surface area contributed by atoms with E-state index in [4.69, 9.17) is 10.00 Å². The standard InChI is InChI=1S/C7H12N2O/c1-6-4-9(2)5-7(3-8)10-6/h6-7H,4-5H2,1-2H3/t6-,7+/m0/s1. The molecule has 1 saturated heterocycles. The van der Waals surface area contributed by atoms with Crippen molar-refractivity contribution in [2.75, 3.05) is 20.1 Å². The quantitative estimate of drug-likeness (QED) is 0.483. The van der Waals surface area contributed by atoms with Gasteiger partial charge in [0, 0.05) is 13.1 Å². The molecule has 1 fully saturated rings. The van der Waals surface area contributed by atoms with E-state index in [2.05, 4.69) is 11.0 Å². The number of nitrogens with zero attached hydrogens (tertiary/aromatic N) is 2. The van der Waals surface area contributed by atoms with Crippen molar-refractivity contribution in [2.45, 2.75) is 19.1 Å². The van der Waals surface area contributed by atoms with Gasteiger partial charge in [-0.25, -0.2) is 0 Å². The topological polar surface area (TPSA) is 36.3 Å². The molecular formula is C7H12N2O. The Kier molecular flexibility index (Phi) is 2.25. The zero-order valence-corrected chi connectivity index (χ0v) is 6.37. The SMILES string of the molecule is C[C@H]1CN(C)C[C@@H](C#N)O1. The zero-order chi connectivity index (χ0) is 7.56. The second-order valence-electron chi connectivity index (χ2n) is 2.79. The first-order chi connectivity index (χ1) is 4.72. The molecule has 0 bridgehead atoms. The van der Waals surface area contributed by atoms with Crippen molar-refractivity contribution in [3.63, 3.8) is 0 Å². The van der Waals surface area contributed by atoms with Gasteiger partial charge in [0.15, 0.2) is 6.10 Å². The summed E-state index contributed by atoms with van der Waals surface area (Å²) in [5.74, 6) is 0. The van der Waals surface area contributed by atoms with Gasteiger partial charge in [0.2, 0.25) is 0 Å². The maximum atomic E-state index is 8.52. The van der Waals surface area contributed by atoms with Gasteiger partial charge in [0.1, 0.15) is 0 Å². The van der Waals surface area contributed by atoms with Crippen molar-refractivity contribution >= 4 is 0 Å².